The number of aliphatic hydroxyl groups excluding tert-OH is 1. The second kappa shape index (κ2) is 30.6. The van der Waals surface area contributed by atoms with Crippen molar-refractivity contribution in [3.05, 3.63) is 71.8 Å². The maximum absolute atomic E-state index is 14.0. The number of carboxylic acids is 1. The minimum Gasteiger partial charge on any atom is -0.480 e. The Hall–Kier alpha value is -5.47. The smallest absolute Gasteiger partial charge is 0.326 e. The molecule has 7 atom stereocenters. The third-order valence-corrected chi connectivity index (χ3v) is 10.4. The van der Waals surface area contributed by atoms with Crippen LogP contribution in [0.3, 0.4) is 0 Å². The van der Waals surface area contributed by atoms with Gasteiger partial charge in [-0.15, -0.1) is 0 Å². The third kappa shape index (κ3) is 20.8. The van der Waals surface area contributed by atoms with Crippen molar-refractivity contribution in [2.24, 2.45) is 28.9 Å². The van der Waals surface area contributed by atoms with E-state index in [9.17, 15) is 43.8 Å². The first-order valence-electron chi connectivity index (χ1n) is 22.2. The molecule has 2 rings (SSSR count). The molecule has 19 nitrogen and oxygen atoms in total. The molecule has 0 spiro atoms. The Kier molecular flexibility index (Phi) is 26.1. The molecule has 0 aromatic heterocycles. The third-order valence-electron chi connectivity index (χ3n) is 10.4. The average Bonchev–Trinajstić information content (AvgIpc) is 3.26. The molecule has 0 fully saturated rings. The van der Waals surface area contributed by atoms with Crippen molar-refractivity contribution in [1.82, 2.24) is 31.9 Å². The van der Waals surface area contributed by atoms with E-state index in [2.05, 4.69) is 31.9 Å². The molecular weight excluding hydrogens is 825 g/mol. The fourth-order valence-corrected chi connectivity index (χ4v) is 6.83. The molecule has 2 aromatic rings. The number of hydrogen-bond acceptors (Lipinski definition) is 12. The van der Waals surface area contributed by atoms with Crippen LogP contribution in [0.2, 0.25) is 0 Å². The Morgan fingerprint density at radius 2 is 0.828 bits per heavy atom. The molecule has 6 amide bonds. The first-order chi connectivity index (χ1) is 30.6. The number of carbonyl (C=O) groups is 7. The average molecular weight is 897 g/mol. The Labute approximate surface area is 376 Å². The fraction of sp³-hybridized carbons (Fsp3) is 0.578. The highest BCUT2D eigenvalue weighted by atomic mass is 16.4. The number of nitrogens with one attached hydrogen (secondary N) is 6. The molecule has 0 heterocycles. The predicted molar refractivity (Wildman–Crippen MR) is 243 cm³/mol. The topological polar surface area (TPSA) is 336 Å². The molecule has 0 unspecified atom stereocenters. The zero-order valence-electron chi connectivity index (χ0n) is 37.3. The molecule has 2 aromatic carbocycles. The highest BCUT2D eigenvalue weighted by Crippen LogP contribution is 2.11. The van der Waals surface area contributed by atoms with Crippen molar-refractivity contribution >= 4 is 41.4 Å². The summed E-state index contributed by atoms with van der Waals surface area (Å²) in [6.45, 7) is 3.72. The van der Waals surface area contributed by atoms with Gasteiger partial charge in [-0.3, -0.25) is 28.8 Å². The number of carbonyl (C=O) groups excluding carboxylic acids is 6. The van der Waals surface area contributed by atoms with Crippen molar-refractivity contribution in [2.75, 3.05) is 26.2 Å². The summed E-state index contributed by atoms with van der Waals surface area (Å²) in [6, 6.07) is 9.25. The van der Waals surface area contributed by atoms with Crippen molar-refractivity contribution in [1.29, 1.82) is 0 Å². The van der Waals surface area contributed by atoms with Gasteiger partial charge in [0.15, 0.2) is 0 Å². The highest BCUT2D eigenvalue weighted by Gasteiger charge is 2.34. The maximum Gasteiger partial charge on any atom is 0.326 e. The number of aliphatic hydroxyl groups is 1. The summed E-state index contributed by atoms with van der Waals surface area (Å²) in [6.07, 6.45) is 3.65. The minimum atomic E-state index is -1.60. The van der Waals surface area contributed by atoms with Gasteiger partial charge in [0.25, 0.3) is 0 Å². The normalized spacial score (nSPS) is 14.4. The Bertz CT molecular complexity index is 1740. The van der Waals surface area contributed by atoms with Crippen LogP contribution in [-0.4, -0.2) is 120 Å². The van der Waals surface area contributed by atoms with Gasteiger partial charge >= 0.3 is 5.97 Å². The van der Waals surface area contributed by atoms with Crippen LogP contribution >= 0.6 is 0 Å². The van der Waals surface area contributed by atoms with Gasteiger partial charge in [0.05, 0.1) is 12.6 Å². The molecule has 16 N–H and O–H groups in total. The van der Waals surface area contributed by atoms with Gasteiger partial charge in [-0.25, -0.2) is 4.79 Å². The van der Waals surface area contributed by atoms with Gasteiger partial charge in [0, 0.05) is 6.42 Å². The summed E-state index contributed by atoms with van der Waals surface area (Å²) in [7, 11) is 0. The van der Waals surface area contributed by atoms with E-state index in [0.717, 1.165) is 5.56 Å². The summed E-state index contributed by atoms with van der Waals surface area (Å²) < 4.78 is 0. The van der Waals surface area contributed by atoms with E-state index in [0.29, 0.717) is 63.7 Å². The molecule has 0 saturated heterocycles. The Balaban J connectivity index is 2.32. The predicted octanol–water partition coefficient (Wildman–Crippen LogP) is -0.782. The maximum atomic E-state index is 14.0. The van der Waals surface area contributed by atoms with Gasteiger partial charge in [-0.05, 0) is 107 Å². The number of aliphatic carboxylic acids is 1. The van der Waals surface area contributed by atoms with Crippen molar-refractivity contribution in [2.45, 2.75) is 133 Å². The van der Waals surface area contributed by atoms with E-state index < -0.39 is 90.3 Å². The summed E-state index contributed by atoms with van der Waals surface area (Å²) in [5.41, 5.74) is 24.8. The first kappa shape index (κ1) is 54.7. The number of nitrogens with two attached hydrogens (primary N) is 4. The fourth-order valence-electron chi connectivity index (χ4n) is 6.83. The minimum absolute atomic E-state index is 0.0551. The number of benzene rings is 2. The molecule has 0 aliphatic heterocycles. The van der Waals surface area contributed by atoms with Crippen LogP contribution in [0.5, 0.6) is 0 Å². The Morgan fingerprint density at radius 3 is 1.22 bits per heavy atom. The van der Waals surface area contributed by atoms with E-state index in [-0.39, 0.29) is 44.4 Å². The summed E-state index contributed by atoms with van der Waals surface area (Å²) in [4.78, 5) is 94.2. The molecule has 356 valence electrons. The van der Waals surface area contributed by atoms with Crippen molar-refractivity contribution in [3.8, 4) is 0 Å². The van der Waals surface area contributed by atoms with Gasteiger partial charge in [-0.1, -0.05) is 74.5 Å². The molecule has 0 aliphatic carbocycles. The van der Waals surface area contributed by atoms with Crippen molar-refractivity contribution < 1.29 is 43.8 Å². The number of rotatable bonds is 32. The molecule has 0 aliphatic rings. The zero-order chi connectivity index (χ0) is 47.4. The van der Waals surface area contributed by atoms with E-state index in [4.69, 9.17) is 22.9 Å². The van der Waals surface area contributed by atoms with Crippen LogP contribution in [0.1, 0.15) is 89.2 Å². The van der Waals surface area contributed by atoms with E-state index in [1.165, 1.54) is 0 Å². The lowest BCUT2D eigenvalue weighted by Gasteiger charge is -2.27. The molecule has 0 radical (unpaired) electrons. The Morgan fingerprint density at radius 1 is 0.484 bits per heavy atom. The van der Waals surface area contributed by atoms with Crippen molar-refractivity contribution in [3.63, 3.8) is 0 Å². The molecule has 64 heavy (non-hydrogen) atoms. The lowest BCUT2D eigenvalue weighted by Crippen LogP contribution is -2.60. The van der Waals surface area contributed by atoms with Crippen LogP contribution < -0.4 is 54.8 Å². The molecule has 19 heteroatoms. The summed E-state index contributed by atoms with van der Waals surface area (Å²) in [5.74, 6) is -5.77. The SMILES string of the molecule is CC(C)C[C@H](NC(=O)[C@H](CCCCN)NC(=O)[C@H](Cc1ccccc1)NC(=O)[C@H](CO)NC(=O)[C@H](CCCCN)NC(=O)[C@H](CCCCN)NC(=O)[C@@H](N)Cc1ccccc1)C(=O)O. The van der Waals surface area contributed by atoms with Crippen LogP contribution in [0.15, 0.2) is 60.7 Å². The zero-order valence-corrected chi connectivity index (χ0v) is 37.3. The number of hydrogen-bond donors (Lipinski definition) is 12. The van der Waals surface area contributed by atoms with Gasteiger partial charge in [0.2, 0.25) is 35.4 Å². The first-order valence-corrected chi connectivity index (χ1v) is 22.2. The number of unbranched alkanes of at least 4 members (excludes halogenated alkanes) is 3. The monoisotopic (exact) mass is 897 g/mol. The lowest BCUT2D eigenvalue weighted by atomic mass is 10.0. The number of amides is 6. The molecule has 0 bridgehead atoms. The van der Waals surface area contributed by atoms with E-state index in [1.807, 2.05) is 44.2 Å². The number of carboxylic acid groups (broad SMARTS) is 1. The van der Waals surface area contributed by atoms with Gasteiger partial charge < -0.3 is 65.0 Å². The standard InChI is InChI=1S/C45H72N10O9/c1-29(2)25-37(45(63)64)54-41(59)34(20-10-13-23-47)52-43(61)36(27-31-17-7-4-8-18-31)53-44(62)38(28-56)55-42(60)35(21-11-14-24-48)51-40(58)33(19-9-12-22-46)50-39(57)32(49)26-30-15-5-3-6-16-30/h3-8,15-18,29,32-38,56H,9-14,19-28,46-49H2,1-2H3,(H,50,57)(H,51,58)(H,52,61)(H,53,62)(H,54,59)(H,55,60)(H,63,64)/t32-,33-,34-,35-,36-,37-,38-/m0/s1. The molecule has 0 saturated carbocycles. The van der Waals surface area contributed by atoms with E-state index >= 15 is 0 Å². The van der Waals surface area contributed by atoms with Crippen LogP contribution in [0.25, 0.3) is 0 Å². The second-order valence-corrected chi connectivity index (χ2v) is 16.4. The highest BCUT2D eigenvalue weighted by molar-refractivity contribution is 5.97. The van der Waals surface area contributed by atoms with Crippen LogP contribution in [0.4, 0.5) is 0 Å². The van der Waals surface area contributed by atoms with Gasteiger partial charge in [-0.2, -0.15) is 0 Å². The van der Waals surface area contributed by atoms with Crippen LogP contribution in [-0.2, 0) is 46.4 Å². The summed E-state index contributed by atoms with van der Waals surface area (Å²) >= 11 is 0. The quantitative estimate of drug-likeness (QED) is 0.0402. The van der Waals surface area contributed by atoms with Crippen LogP contribution in [0, 0.1) is 5.92 Å². The van der Waals surface area contributed by atoms with Gasteiger partial charge in [0.1, 0.15) is 36.3 Å². The lowest BCUT2D eigenvalue weighted by molar-refractivity contribution is -0.143. The largest absolute Gasteiger partial charge is 0.480 e. The molecular formula is C45H72N10O9. The van der Waals surface area contributed by atoms with E-state index in [1.54, 1.807) is 30.3 Å². The summed E-state index contributed by atoms with van der Waals surface area (Å²) in [5, 5.41) is 35.9. The second-order valence-electron chi connectivity index (χ2n) is 16.4.